The van der Waals surface area contributed by atoms with E-state index in [4.69, 9.17) is 5.73 Å². The molecule has 5 N–H and O–H groups in total. The maximum absolute atomic E-state index is 13.8. The highest BCUT2D eigenvalue weighted by atomic mass is 19.1. The zero-order valence-corrected chi connectivity index (χ0v) is 22.4. The van der Waals surface area contributed by atoms with Gasteiger partial charge in [-0.25, -0.2) is 4.39 Å². The molecule has 0 unspecified atom stereocenters. The minimum absolute atomic E-state index is 0.143. The molecule has 1 aliphatic heterocycles. The van der Waals surface area contributed by atoms with E-state index in [0.717, 1.165) is 55.7 Å². The molecular weight excluding hydrogens is 527 g/mol. The minimum Gasteiger partial charge on any atom is -0.481 e. The van der Waals surface area contributed by atoms with Gasteiger partial charge in [-0.2, -0.15) is 5.10 Å². The first-order valence-electron chi connectivity index (χ1n) is 13.5. The van der Waals surface area contributed by atoms with E-state index in [0.29, 0.717) is 24.2 Å². The maximum atomic E-state index is 13.8. The lowest BCUT2D eigenvalue weighted by Crippen LogP contribution is -2.30. The summed E-state index contributed by atoms with van der Waals surface area (Å²) in [6.07, 6.45) is 2.70. The molecule has 1 aliphatic rings. The molecule has 2 heterocycles. The third-order valence-corrected chi connectivity index (χ3v) is 7.07. The summed E-state index contributed by atoms with van der Waals surface area (Å²) in [7, 11) is 0. The van der Waals surface area contributed by atoms with Gasteiger partial charge in [0.2, 0.25) is 0 Å². The van der Waals surface area contributed by atoms with Crippen LogP contribution in [0.5, 0.6) is 0 Å². The molecule has 5 rings (SSSR count). The number of hydrogen-bond acceptors (Lipinski definition) is 6. The van der Waals surface area contributed by atoms with Crippen molar-refractivity contribution in [1.29, 1.82) is 0 Å². The molecule has 0 atom stereocenters. The molecule has 1 fully saturated rings. The van der Waals surface area contributed by atoms with Crippen LogP contribution in [0.2, 0.25) is 0 Å². The number of amides is 2. The zero-order valence-electron chi connectivity index (χ0n) is 22.4. The van der Waals surface area contributed by atoms with Crippen LogP contribution in [0.3, 0.4) is 0 Å². The second kappa shape index (κ2) is 12.2. The number of carboxylic acid groups (broad SMARTS) is 1. The molecule has 0 aliphatic carbocycles. The first kappa shape index (κ1) is 27.8. The summed E-state index contributed by atoms with van der Waals surface area (Å²) in [6.45, 7) is 2.45. The van der Waals surface area contributed by atoms with Crippen molar-refractivity contribution >= 4 is 45.7 Å². The van der Waals surface area contributed by atoms with E-state index in [1.165, 1.54) is 6.07 Å². The van der Waals surface area contributed by atoms with E-state index < -0.39 is 30.0 Å². The number of aliphatic carboxylic acids is 1. The van der Waals surface area contributed by atoms with Gasteiger partial charge in [-0.3, -0.25) is 19.1 Å². The van der Waals surface area contributed by atoms with Crippen LogP contribution in [0, 0.1) is 5.82 Å². The van der Waals surface area contributed by atoms with E-state index in [9.17, 15) is 23.9 Å². The number of para-hydroxylation sites is 1. The van der Waals surface area contributed by atoms with Gasteiger partial charge in [-0.1, -0.05) is 18.2 Å². The fourth-order valence-corrected chi connectivity index (χ4v) is 5.15. The highest BCUT2D eigenvalue weighted by Crippen LogP contribution is 2.31. The molecule has 1 aromatic heterocycles. The third-order valence-electron chi connectivity index (χ3n) is 7.07. The summed E-state index contributed by atoms with van der Waals surface area (Å²) in [4.78, 5) is 40.3. The van der Waals surface area contributed by atoms with Crippen LogP contribution in [0.25, 0.3) is 10.9 Å². The fourth-order valence-electron chi connectivity index (χ4n) is 5.15. The van der Waals surface area contributed by atoms with Crippen LogP contribution in [0.15, 0.2) is 60.7 Å². The first-order chi connectivity index (χ1) is 19.8. The van der Waals surface area contributed by atoms with Crippen molar-refractivity contribution in [2.45, 2.75) is 32.2 Å². The van der Waals surface area contributed by atoms with E-state index >= 15 is 0 Å². The maximum Gasteiger partial charge on any atom is 0.307 e. The molecule has 4 aromatic rings. The topological polar surface area (TPSA) is 143 Å². The number of anilines is 3. The standard InChI is InChI=1S/C30H31FN6O4/c31-21-9-10-23(20(16-21)18-27(38)39)33-29(40)19-8-11-26(36-13-4-1-5-14-36)24(17-19)34-30(41)28-22-6-2-3-7-25(22)37(35-28)15-12-32/h2-3,6-11,16-17H,1,4-5,12-15,18,32H2,(H,33,40)(H,34,41)(H,38,39). The number of hydrogen-bond donors (Lipinski definition) is 4. The molecular formula is C30H31FN6O4. The van der Waals surface area contributed by atoms with Gasteiger partial charge >= 0.3 is 5.97 Å². The van der Waals surface area contributed by atoms with Gasteiger partial charge in [0.15, 0.2) is 5.69 Å². The molecule has 3 aromatic carbocycles. The molecule has 10 nitrogen and oxygen atoms in total. The van der Waals surface area contributed by atoms with Crippen molar-refractivity contribution in [1.82, 2.24) is 9.78 Å². The van der Waals surface area contributed by atoms with E-state index in [1.807, 2.05) is 24.3 Å². The van der Waals surface area contributed by atoms with Crippen molar-refractivity contribution < 1.29 is 23.9 Å². The Labute approximate surface area is 235 Å². The minimum atomic E-state index is -1.15. The van der Waals surface area contributed by atoms with Crippen molar-refractivity contribution in [2.75, 3.05) is 35.2 Å². The van der Waals surface area contributed by atoms with Crippen LogP contribution in [-0.2, 0) is 17.8 Å². The van der Waals surface area contributed by atoms with Gasteiger partial charge in [0.25, 0.3) is 11.8 Å². The molecule has 0 saturated carbocycles. The van der Waals surface area contributed by atoms with Crippen LogP contribution in [0.4, 0.5) is 21.5 Å². The van der Waals surface area contributed by atoms with Gasteiger partial charge in [-0.15, -0.1) is 0 Å². The monoisotopic (exact) mass is 558 g/mol. The number of carbonyl (C=O) groups is 3. The Kier molecular flexibility index (Phi) is 8.25. The Balaban J connectivity index is 1.48. The summed E-state index contributed by atoms with van der Waals surface area (Å²) >= 11 is 0. The predicted molar refractivity (Wildman–Crippen MR) is 155 cm³/mol. The van der Waals surface area contributed by atoms with Gasteiger partial charge in [0, 0.05) is 36.3 Å². The summed E-state index contributed by atoms with van der Waals surface area (Å²) in [5.41, 5.74) is 8.61. The summed E-state index contributed by atoms with van der Waals surface area (Å²) < 4.78 is 15.5. The third kappa shape index (κ3) is 6.20. The fraction of sp³-hybridized carbons (Fsp3) is 0.267. The summed E-state index contributed by atoms with van der Waals surface area (Å²) in [6, 6.07) is 16.0. The SMILES string of the molecule is NCCn1nc(C(=O)Nc2cc(C(=O)Nc3ccc(F)cc3CC(=O)O)ccc2N2CCCCC2)c2ccccc21. The summed E-state index contributed by atoms with van der Waals surface area (Å²) in [5, 5.41) is 20.1. The second-order valence-electron chi connectivity index (χ2n) is 9.94. The van der Waals surface area contributed by atoms with E-state index in [-0.39, 0.29) is 22.5 Å². The van der Waals surface area contributed by atoms with E-state index in [1.54, 1.807) is 22.9 Å². The van der Waals surface area contributed by atoms with Gasteiger partial charge in [0.1, 0.15) is 5.82 Å². The number of piperidine rings is 1. The lowest BCUT2D eigenvalue weighted by Gasteiger charge is -2.30. The average molecular weight is 559 g/mol. The molecule has 0 radical (unpaired) electrons. The van der Waals surface area contributed by atoms with Crippen LogP contribution in [0.1, 0.15) is 45.7 Å². The van der Waals surface area contributed by atoms with Crippen LogP contribution < -0.4 is 21.3 Å². The molecule has 11 heteroatoms. The first-order valence-corrected chi connectivity index (χ1v) is 13.5. The van der Waals surface area contributed by atoms with Crippen LogP contribution in [-0.4, -0.2) is 52.3 Å². The van der Waals surface area contributed by atoms with Gasteiger partial charge in [0.05, 0.1) is 29.9 Å². The van der Waals surface area contributed by atoms with Gasteiger partial charge < -0.3 is 26.4 Å². The highest BCUT2D eigenvalue weighted by Gasteiger charge is 2.22. The molecule has 2 amide bonds. The normalized spacial score (nSPS) is 13.3. The van der Waals surface area contributed by atoms with Crippen molar-refractivity contribution in [2.24, 2.45) is 5.73 Å². The quantitative estimate of drug-likeness (QED) is 0.240. The average Bonchev–Trinajstić information content (AvgIpc) is 3.33. The highest BCUT2D eigenvalue weighted by molar-refractivity contribution is 6.13. The Bertz CT molecular complexity index is 1610. The summed E-state index contributed by atoms with van der Waals surface area (Å²) in [5.74, 6) is -2.70. The number of rotatable bonds is 9. The number of carbonyl (C=O) groups excluding carboxylic acids is 2. The molecule has 212 valence electrons. The van der Waals surface area contributed by atoms with Crippen molar-refractivity contribution in [3.05, 3.63) is 83.3 Å². The van der Waals surface area contributed by atoms with Crippen molar-refractivity contribution in [3.8, 4) is 0 Å². The lowest BCUT2D eigenvalue weighted by molar-refractivity contribution is -0.136. The van der Waals surface area contributed by atoms with Gasteiger partial charge in [-0.05, 0) is 67.3 Å². The molecule has 0 spiro atoms. The number of nitrogens with zero attached hydrogens (tertiary/aromatic N) is 3. The number of nitrogens with one attached hydrogen (secondary N) is 2. The smallest absolute Gasteiger partial charge is 0.307 e. The zero-order chi connectivity index (χ0) is 28.9. The lowest BCUT2D eigenvalue weighted by atomic mass is 10.1. The largest absolute Gasteiger partial charge is 0.481 e. The Morgan fingerprint density at radius 2 is 1.68 bits per heavy atom. The van der Waals surface area contributed by atoms with E-state index in [2.05, 4.69) is 20.6 Å². The molecule has 0 bridgehead atoms. The molecule has 1 saturated heterocycles. The predicted octanol–water partition coefficient (Wildman–Crippen LogP) is 4.26. The van der Waals surface area contributed by atoms with Crippen LogP contribution >= 0.6 is 0 Å². The van der Waals surface area contributed by atoms with Crippen molar-refractivity contribution in [3.63, 3.8) is 0 Å². The Hall–Kier alpha value is -4.77. The number of benzene rings is 3. The number of carboxylic acids is 1. The Morgan fingerprint density at radius 1 is 0.927 bits per heavy atom. The number of aromatic nitrogens is 2. The number of halogens is 1. The second-order valence-corrected chi connectivity index (χ2v) is 9.94. The molecule has 41 heavy (non-hydrogen) atoms. The number of fused-ring (bicyclic) bond motifs is 1. The number of nitrogens with two attached hydrogens (primary N) is 1. The Morgan fingerprint density at radius 3 is 2.44 bits per heavy atom.